The Kier molecular flexibility index (Phi) is 7.00. The lowest BCUT2D eigenvalue weighted by Gasteiger charge is -2.50. The Labute approximate surface area is 225 Å². The Bertz CT molecular complexity index is 1280. The Hall–Kier alpha value is -4.38. The zero-order valence-electron chi connectivity index (χ0n) is 21.9. The molecule has 0 spiro atoms. The molecular weight excluding hydrogens is 504 g/mol. The summed E-state index contributed by atoms with van der Waals surface area (Å²) in [5.74, 6) is -0.890. The van der Waals surface area contributed by atoms with E-state index in [4.69, 9.17) is 14.3 Å². The second-order valence-corrected chi connectivity index (χ2v) is 10.4. The minimum absolute atomic E-state index is 0.000958. The number of hydrogen-bond acceptors (Lipinski definition) is 7. The molecule has 204 valence electrons. The summed E-state index contributed by atoms with van der Waals surface area (Å²) >= 11 is 0. The summed E-state index contributed by atoms with van der Waals surface area (Å²) in [7, 11) is 0. The monoisotopic (exact) mass is 534 g/mol. The van der Waals surface area contributed by atoms with Crippen LogP contribution in [0, 0.1) is 0 Å². The first-order chi connectivity index (χ1) is 18.6. The number of nitrogens with zero attached hydrogens (tertiary/aromatic N) is 3. The first-order valence-electron chi connectivity index (χ1n) is 12.7. The van der Waals surface area contributed by atoms with Gasteiger partial charge in [0.25, 0.3) is 5.91 Å². The SMILES string of the molecule is CC(C)(C)OC(=O)N1[C@H]2C=C[C@@H]([C@@H]3[C@@H](NC(=O)Cc4ccccc4)C(=O)N31)N(C(=O)OCc1ccccc1)O2. The van der Waals surface area contributed by atoms with Crippen molar-refractivity contribution >= 4 is 24.0 Å². The molecule has 4 atom stereocenters. The standard InChI is InChI=1S/C28H30N4O7/c1-28(2,3)38-26(35)30-22-15-14-20(32(39-22)27(36)37-17-19-12-8-5-9-13-19)24-23(25(34)31(24)30)29-21(33)16-18-10-6-4-7-11-18/h4-15,20,22-24H,16-17H2,1-3H3,(H,29,33)/t20-,22+,23+,24+/m0/s1. The molecule has 1 N–H and O–H groups in total. The van der Waals surface area contributed by atoms with Gasteiger partial charge in [-0.3, -0.25) is 9.59 Å². The van der Waals surface area contributed by atoms with Gasteiger partial charge in [0.2, 0.25) is 12.1 Å². The van der Waals surface area contributed by atoms with Gasteiger partial charge in [0.15, 0.2) is 0 Å². The van der Waals surface area contributed by atoms with Gasteiger partial charge >= 0.3 is 12.2 Å². The molecule has 4 aliphatic heterocycles. The normalized spacial score (nSPS) is 23.5. The largest absolute Gasteiger partial charge is 0.443 e. The molecule has 4 amide bonds. The first-order valence-corrected chi connectivity index (χ1v) is 12.7. The number of nitrogens with one attached hydrogen (secondary N) is 1. The van der Waals surface area contributed by atoms with E-state index in [1.165, 1.54) is 5.01 Å². The van der Waals surface area contributed by atoms with Crippen LogP contribution in [-0.4, -0.2) is 69.0 Å². The van der Waals surface area contributed by atoms with Gasteiger partial charge in [-0.05, 0) is 38.0 Å². The lowest BCUT2D eigenvalue weighted by atomic mass is 9.89. The number of carbonyl (C=O) groups is 4. The Morgan fingerprint density at radius 1 is 0.923 bits per heavy atom. The highest BCUT2D eigenvalue weighted by molar-refractivity contribution is 5.95. The van der Waals surface area contributed by atoms with Gasteiger partial charge in [-0.2, -0.15) is 10.1 Å². The fourth-order valence-electron chi connectivity index (χ4n) is 4.70. The molecule has 4 heterocycles. The third-order valence-corrected chi connectivity index (χ3v) is 6.39. The van der Waals surface area contributed by atoms with Crippen molar-refractivity contribution in [2.75, 3.05) is 0 Å². The third kappa shape index (κ3) is 5.44. The van der Waals surface area contributed by atoms with Crippen molar-refractivity contribution in [1.82, 2.24) is 20.4 Å². The van der Waals surface area contributed by atoms with Crippen molar-refractivity contribution in [3.63, 3.8) is 0 Å². The van der Waals surface area contributed by atoms with Crippen molar-refractivity contribution in [2.45, 2.75) is 63.8 Å². The Morgan fingerprint density at radius 3 is 2.21 bits per heavy atom. The third-order valence-electron chi connectivity index (χ3n) is 6.39. The first kappa shape index (κ1) is 26.2. The summed E-state index contributed by atoms with van der Waals surface area (Å²) in [6, 6.07) is 15.6. The highest BCUT2D eigenvalue weighted by atomic mass is 16.8. The predicted molar refractivity (Wildman–Crippen MR) is 137 cm³/mol. The molecule has 4 aliphatic rings. The number of fused-ring (bicyclic) bond motifs is 1. The lowest BCUT2D eigenvalue weighted by molar-refractivity contribution is -0.219. The summed E-state index contributed by atoms with van der Waals surface area (Å²) in [5, 5.41) is 6.02. The molecule has 0 radical (unpaired) electrons. The average molecular weight is 535 g/mol. The van der Waals surface area contributed by atoms with Crippen LogP contribution in [0.15, 0.2) is 72.8 Å². The predicted octanol–water partition coefficient (Wildman–Crippen LogP) is 2.93. The van der Waals surface area contributed by atoms with Crippen molar-refractivity contribution < 1.29 is 33.5 Å². The molecule has 6 rings (SSSR count). The minimum atomic E-state index is -1.14. The highest BCUT2D eigenvalue weighted by Crippen LogP contribution is 2.38. The zero-order valence-corrected chi connectivity index (χ0v) is 21.9. The minimum Gasteiger partial charge on any atom is -0.443 e. The molecule has 11 heteroatoms. The van der Waals surface area contributed by atoms with Gasteiger partial charge in [0.05, 0.1) is 6.42 Å². The molecule has 2 bridgehead atoms. The van der Waals surface area contributed by atoms with Crippen LogP contribution in [0.5, 0.6) is 0 Å². The molecular formula is C28H30N4O7. The van der Waals surface area contributed by atoms with E-state index in [9.17, 15) is 19.2 Å². The van der Waals surface area contributed by atoms with E-state index >= 15 is 0 Å². The van der Waals surface area contributed by atoms with Crippen LogP contribution in [0.2, 0.25) is 0 Å². The lowest BCUT2D eigenvalue weighted by Crippen LogP contribution is -2.78. The van der Waals surface area contributed by atoms with Crippen LogP contribution in [0.25, 0.3) is 0 Å². The summed E-state index contributed by atoms with van der Waals surface area (Å²) in [6.07, 6.45) is 0.542. The second kappa shape index (κ2) is 10.4. The van der Waals surface area contributed by atoms with Gasteiger partial charge in [-0.1, -0.05) is 66.7 Å². The van der Waals surface area contributed by atoms with E-state index in [2.05, 4.69) is 5.32 Å². The number of hydrazine groups is 1. The van der Waals surface area contributed by atoms with E-state index in [0.717, 1.165) is 21.2 Å². The molecule has 11 nitrogen and oxygen atoms in total. The van der Waals surface area contributed by atoms with Gasteiger partial charge in [0, 0.05) is 0 Å². The maximum absolute atomic E-state index is 13.4. The van der Waals surface area contributed by atoms with E-state index in [-0.39, 0.29) is 18.9 Å². The molecule has 0 aliphatic carbocycles. The maximum Gasteiger partial charge on any atom is 0.435 e. The summed E-state index contributed by atoms with van der Waals surface area (Å²) < 4.78 is 11.0. The van der Waals surface area contributed by atoms with E-state index in [1.54, 1.807) is 32.9 Å². The molecule has 2 saturated heterocycles. The molecule has 2 aromatic rings. The number of amides is 4. The summed E-state index contributed by atoms with van der Waals surface area (Å²) in [6.45, 7) is 5.10. The topological polar surface area (TPSA) is 118 Å². The maximum atomic E-state index is 13.4. The summed E-state index contributed by atoms with van der Waals surface area (Å²) in [4.78, 5) is 58.5. The molecule has 39 heavy (non-hydrogen) atoms. The van der Waals surface area contributed by atoms with Crippen molar-refractivity contribution in [2.24, 2.45) is 0 Å². The summed E-state index contributed by atoms with van der Waals surface area (Å²) in [5.41, 5.74) is 0.708. The zero-order chi connectivity index (χ0) is 27.7. The smallest absolute Gasteiger partial charge is 0.435 e. The Balaban J connectivity index is 1.39. The van der Waals surface area contributed by atoms with Crippen molar-refractivity contribution in [3.05, 3.63) is 83.9 Å². The van der Waals surface area contributed by atoms with Crippen LogP contribution in [0.4, 0.5) is 9.59 Å². The number of carbonyl (C=O) groups excluding carboxylic acids is 4. The van der Waals surface area contributed by atoms with E-state index in [0.29, 0.717) is 0 Å². The number of hydroxylamine groups is 2. The van der Waals surface area contributed by atoms with Crippen LogP contribution in [0.3, 0.4) is 0 Å². The second-order valence-electron chi connectivity index (χ2n) is 10.4. The number of rotatable bonds is 5. The number of ether oxygens (including phenoxy) is 2. The van der Waals surface area contributed by atoms with E-state index in [1.807, 2.05) is 60.7 Å². The van der Waals surface area contributed by atoms with Crippen LogP contribution in [-0.2, 0) is 36.9 Å². The van der Waals surface area contributed by atoms with Gasteiger partial charge in [-0.15, -0.1) is 0 Å². The van der Waals surface area contributed by atoms with E-state index < -0.39 is 48.0 Å². The van der Waals surface area contributed by atoms with Crippen LogP contribution >= 0.6 is 0 Å². The van der Waals surface area contributed by atoms with Crippen molar-refractivity contribution in [1.29, 1.82) is 0 Å². The Morgan fingerprint density at radius 2 is 1.56 bits per heavy atom. The number of benzene rings is 2. The average Bonchev–Trinajstić information content (AvgIpc) is 3.13. The highest BCUT2D eigenvalue weighted by Gasteiger charge is 2.62. The van der Waals surface area contributed by atoms with Gasteiger partial charge in [0.1, 0.15) is 30.3 Å². The number of hydrogen-bond donors (Lipinski definition) is 1. The molecule has 0 saturated carbocycles. The molecule has 0 unspecified atom stereocenters. The molecule has 2 aromatic carbocycles. The van der Waals surface area contributed by atoms with Crippen LogP contribution < -0.4 is 5.32 Å². The van der Waals surface area contributed by atoms with Gasteiger partial charge < -0.3 is 14.8 Å². The van der Waals surface area contributed by atoms with Crippen LogP contribution in [0.1, 0.15) is 31.9 Å². The van der Waals surface area contributed by atoms with Gasteiger partial charge in [-0.25, -0.2) is 19.4 Å². The molecule has 2 fully saturated rings. The fraction of sp³-hybridized carbons (Fsp3) is 0.357. The quantitative estimate of drug-likeness (QED) is 0.463. The van der Waals surface area contributed by atoms with Crippen molar-refractivity contribution in [3.8, 4) is 0 Å². The number of β-lactam (4-membered cyclic amide) rings is 1. The molecule has 0 aromatic heterocycles. The fourth-order valence-corrected chi connectivity index (χ4v) is 4.70.